The van der Waals surface area contributed by atoms with Gasteiger partial charge in [0, 0.05) is 12.8 Å². The van der Waals surface area contributed by atoms with Crippen LogP contribution in [0.2, 0.25) is 0 Å². The molecular weight excluding hydrogens is 220 g/mol. The van der Waals surface area contributed by atoms with Crippen LogP contribution in [0.4, 0.5) is 0 Å². The van der Waals surface area contributed by atoms with Gasteiger partial charge in [0.25, 0.3) is 0 Å². The molecule has 0 amide bonds. The molecule has 0 radical (unpaired) electrons. The molecule has 1 atom stereocenters. The number of hydrogen-bond acceptors (Lipinski definition) is 4. The SMILES string of the molecule is CCC(C(N)=S)N(C)CCS(C)(=O)=O. The van der Waals surface area contributed by atoms with Crippen molar-refractivity contribution in [3.05, 3.63) is 0 Å². The van der Waals surface area contributed by atoms with Gasteiger partial charge in [-0.2, -0.15) is 0 Å². The lowest BCUT2D eigenvalue weighted by Gasteiger charge is -2.25. The van der Waals surface area contributed by atoms with Gasteiger partial charge in [-0.3, -0.25) is 4.90 Å². The zero-order chi connectivity index (χ0) is 11.4. The number of nitrogens with two attached hydrogens (primary N) is 1. The fourth-order valence-electron chi connectivity index (χ4n) is 1.20. The Hall–Kier alpha value is -0.200. The van der Waals surface area contributed by atoms with Gasteiger partial charge in [-0.05, 0) is 13.5 Å². The summed E-state index contributed by atoms with van der Waals surface area (Å²) in [4.78, 5) is 2.30. The third-order valence-corrected chi connectivity index (χ3v) is 3.26. The zero-order valence-electron chi connectivity index (χ0n) is 8.86. The molecular formula is C8H18N2O2S2. The van der Waals surface area contributed by atoms with E-state index in [0.717, 1.165) is 6.42 Å². The van der Waals surface area contributed by atoms with Crippen LogP contribution in [0.1, 0.15) is 13.3 Å². The van der Waals surface area contributed by atoms with E-state index >= 15 is 0 Å². The maximum absolute atomic E-state index is 10.9. The van der Waals surface area contributed by atoms with Crippen molar-refractivity contribution in [2.24, 2.45) is 5.73 Å². The van der Waals surface area contributed by atoms with E-state index in [2.05, 4.69) is 0 Å². The van der Waals surface area contributed by atoms with Gasteiger partial charge in [0.05, 0.1) is 16.8 Å². The van der Waals surface area contributed by atoms with E-state index in [1.165, 1.54) is 6.26 Å². The summed E-state index contributed by atoms with van der Waals surface area (Å²) in [6.07, 6.45) is 2.03. The highest BCUT2D eigenvalue weighted by atomic mass is 32.2. The zero-order valence-corrected chi connectivity index (χ0v) is 10.5. The highest BCUT2D eigenvalue weighted by molar-refractivity contribution is 7.90. The number of thiocarbonyl (C=S) groups is 1. The average Bonchev–Trinajstić information content (AvgIpc) is 2.00. The molecule has 4 nitrogen and oxygen atoms in total. The molecule has 0 heterocycles. The lowest BCUT2D eigenvalue weighted by Crippen LogP contribution is -2.42. The van der Waals surface area contributed by atoms with Crippen LogP contribution in [0.3, 0.4) is 0 Å². The smallest absolute Gasteiger partial charge is 0.148 e. The summed E-state index contributed by atoms with van der Waals surface area (Å²) in [5.41, 5.74) is 5.53. The van der Waals surface area contributed by atoms with Crippen LogP contribution in [-0.4, -0.2) is 49.9 Å². The first-order chi connectivity index (χ1) is 6.28. The predicted octanol–water partition coefficient (Wildman–Crippen LogP) is 0.0275. The predicted molar refractivity (Wildman–Crippen MR) is 63.2 cm³/mol. The molecule has 0 aliphatic heterocycles. The molecule has 14 heavy (non-hydrogen) atoms. The third kappa shape index (κ3) is 5.51. The van der Waals surface area contributed by atoms with E-state index in [1.807, 2.05) is 18.9 Å². The van der Waals surface area contributed by atoms with Crippen molar-refractivity contribution in [3.8, 4) is 0 Å². The lowest BCUT2D eigenvalue weighted by molar-refractivity contribution is 0.308. The Bertz CT molecular complexity index is 288. The summed E-state index contributed by atoms with van der Waals surface area (Å²) in [6, 6.07) is -0.00764. The minimum atomic E-state index is -2.91. The van der Waals surface area contributed by atoms with Crippen molar-refractivity contribution < 1.29 is 8.42 Å². The summed E-state index contributed by atoms with van der Waals surface area (Å²) in [5.74, 6) is 0.141. The lowest BCUT2D eigenvalue weighted by atomic mass is 10.2. The summed E-state index contributed by atoms with van der Waals surface area (Å²) in [6.45, 7) is 2.44. The number of nitrogens with zero attached hydrogens (tertiary/aromatic N) is 1. The van der Waals surface area contributed by atoms with Gasteiger partial charge in [-0.25, -0.2) is 8.42 Å². The van der Waals surface area contributed by atoms with Crippen LogP contribution >= 0.6 is 12.2 Å². The minimum absolute atomic E-state index is 0.00764. The Morgan fingerprint density at radius 3 is 2.36 bits per heavy atom. The molecule has 0 rings (SSSR count). The van der Waals surface area contributed by atoms with Gasteiger partial charge in [0.2, 0.25) is 0 Å². The summed E-state index contributed by atoms with van der Waals surface area (Å²) < 4.78 is 21.9. The summed E-state index contributed by atoms with van der Waals surface area (Å²) >= 11 is 4.89. The van der Waals surface area contributed by atoms with Crippen LogP contribution < -0.4 is 5.73 Å². The topological polar surface area (TPSA) is 63.4 Å². The standard InChI is InChI=1S/C8H18N2O2S2/c1-4-7(8(9)13)10(2)5-6-14(3,11)12/h7H,4-6H2,1-3H3,(H2,9,13). The highest BCUT2D eigenvalue weighted by Gasteiger charge is 2.16. The first kappa shape index (κ1) is 13.8. The van der Waals surface area contributed by atoms with E-state index < -0.39 is 9.84 Å². The molecule has 0 aliphatic rings. The Labute approximate surface area is 91.4 Å². The van der Waals surface area contributed by atoms with Gasteiger partial charge in [0.1, 0.15) is 9.84 Å². The molecule has 0 aliphatic carbocycles. The first-order valence-corrected chi connectivity index (χ1v) is 6.92. The monoisotopic (exact) mass is 238 g/mol. The van der Waals surface area contributed by atoms with Crippen LogP contribution in [0.5, 0.6) is 0 Å². The maximum Gasteiger partial charge on any atom is 0.148 e. The summed E-state index contributed by atoms with van der Waals surface area (Å²) in [5, 5.41) is 0. The number of rotatable bonds is 6. The van der Waals surface area contributed by atoms with Crippen molar-refractivity contribution >= 4 is 27.0 Å². The minimum Gasteiger partial charge on any atom is -0.392 e. The molecule has 0 bridgehead atoms. The van der Waals surface area contributed by atoms with Crippen molar-refractivity contribution in [1.82, 2.24) is 4.90 Å². The summed E-state index contributed by atoms with van der Waals surface area (Å²) in [7, 11) is -1.08. The molecule has 84 valence electrons. The Morgan fingerprint density at radius 1 is 1.57 bits per heavy atom. The largest absolute Gasteiger partial charge is 0.392 e. The molecule has 0 aromatic heterocycles. The fourth-order valence-corrected chi connectivity index (χ4v) is 2.16. The van der Waals surface area contributed by atoms with Gasteiger partial charge >= 0.3 is 0 Å². The quantitative estimate of drug-likeness (QED) is 0.661. The molecule has 0 saturated heterocycles. The second kappa shape index (κ2) is 5.63. The number of sulfone groups is 1. The van der Waals surface area contributed by atoms with Gasteiger partial charge in [0.15, 0.2) is 0 Å². The van der Waals surface area contributed by atoms with Gasteiger partial charge < -0.3 is 5.73 Å². The van der Waals surface area contributed by atoms with Gasteiger partial charge in [-0.1, -0.05) is 19.1 Å². The van der Waals surface area contributed by atoms with E-state index in [-0.39, 0.29) is 11.8 Å². The van der Waals surface area contributed by atoms with E-state index in [0.29, 0.717) is 11.5 Å². The second-order valence-electron chi connectivity index (χ2n) is 3.44. The average molecular weight is 238 g/mol. The van der Waals surface area contributed by atoms with Crippen LogP contribution in [0.15, 0.2) is 0 Å². The molecule has 0 saturated carbocycles. The Balaban J connectivity index is 4.19. The van der Waals surface area contributed by atoms with Crippen LogP contribution in [-0.2, 0) is 9.84 Å². The van der Waals surface area contributed by atoms with Crippen molar-refractivity contribution in [1.29, 1.82) is 0 Å². The van der Waals surface area contributed by atoms with Crippen LogP contribution in [0, 0.1) is 0 Å². The van der Waals surface area contributed by atoms with Crippen molar-refractivity contribution in [3.63, 3.8) is 0 Å². The second-order valence-corrected chi connectivity index (χ2v) is 6.17. The number of hydrogen-bond donors (Lipinski definition) is 1. The van der Waals surface area contributed by atoms with Gasteiger partial charge in [-0.15, -0.1) is 0 Å². The van der Waals surface area contributed by atoms with Crippen LogP contribution in [0.25, 0.3) is 0 Å². The van der Waals surface area contributed by atoms with Crippen molar-refractivity contribution in [2.45, 2.75) is 19.4 Å². The van der Waals surface area contributed by atoms with E-state index in [9.17, 15) is 8.42 Å². The molecule has 0 spiro atoms. The molecule has 0 aromatic carbocycles. The maximum atomic E-state index is 10.9. The Morgan fingerprint density at radius 2 is 2.07 bits per heavy atom. The molecule has 6 heteroatoms. The van der Waals surface area contributed by atoms with Crippen molar-refractivity contribution in [2.75, 3.05) is 25.6 Å². The highest BCUT2D eigenvalue weighted by Crippen LogP contribution is 2.02. The normalized spacial score (nSPS) is 14.3. The fraction of sp³-hybridized carbons (Fsp3) is 0.875. The van der Waals surface area contributed by atoms with E-state index in [1.54, 1.807) is 0 Å². The molecule has 0 fully saturated rings. The molecule has 1 unspecified atom stereocenters. The third-order valence-electron chi connectivity index (χ3n) is 2.06. The number of likely N-dealkylation sites (N-methyl/N-ethyl adjacent to an activating group) is 1. The Kier molecular flexibility index (Phi) is 5.54. The first-order valence-electron chi connectivity index (χ1n) is 4.45. The molecule has 0 aromatic rings. The van der Waals surface area contributed by atoms with E-state index in [4.69, 9.17) is 18.0 Å². The molecule has 2 N–H and O–H groups in total.